The Morgan fingerprint density at radius 1 is 1.26 bits per heavy atom. The highest BCUT2D eigenvalue weighted by Gasteiger charge is 2.16. The maximum atomic E-state index is 12.0. The van der Waals surface area contributed by atoms with Gasteiger partial charge in [-0.2, -0.15) is 0 Å². The summed E-state index contributed by atoms with van der Waals surface area (Å²) in [7, 11) is -0.363. The van der Waals surface area contributed by atoms with E-state index in [2.05, 4.69) is 24.2 Å². The molecular weight excluding hydrogens is 427 g/mol. The van der Waals surface area contributed by atoms with Crippen molar-refractivity contribution in [3.8, 4) is 0 Å². The fraction of sp³-hybridized carbons (Fsp3) is 0.533. The summed E-state index contributed by atoms with van der Waals surface area (Å²) in [5, 5.41) is 3.06. The quantitative estimate of drug-likeness (QED) is 0.375. The average Bonchev–Trinajstić information content (AvgIpc) is 2.45. The molecule has 0 atom stereocenters. The molecule has 0 bridgehead atoms. The number of nitrogens with two attached hydrogens (primary N) is 1. The smallest absolute Gasteiger partial charge is 0.242 e. The molecule has 3 N–H and O–H groups in total. The highest BCUT2D eigenvalue weighted by atomic mass is 127. The Hall–Kier alpha value is -0.870. The molecule has 0 spiro atoms. The second kappa shape index (κ2) is 10.1. The Balaban J connectivity index is 0.00000484. The van der Waals surface area contributed by atoms with Gasteiger partial charge in [0.25, 0.3) is 0 Å². The molecule has 0 amide bonds. The van der Waals surface area contributed by atoms with E-state index in [9.17, 15) is 8.42 Å². The minimum absolute atomic E-state index is 0. The lowest BCUT2D eigenvalue weighted by Crippen LogP contribution is -2.32. The van der Waals surface area contributed by atoms with Crippen molar-refractivity contribution >= 4 is 40.0 Å². The third kappa shape index (κ3) is 7.49. The molecule has 0 radical (unpaired) electrons. The summed E-state index contributed by atoms with van der Waals surface area (Å²) < 4.78 is 25.1. The number of hydrogen-bond acceptors (Lipinski definition) is 3. The highest BCUT2D eigenvalue weighted by molar-refractivity contribution is 14.0. The van der Waals surface area contributed by atoms with E-state index in [0.29, 0.717) is 18.4 Å². The monoisotopic (exact) mass is 454 g/mol. The van der Waals surface area contributed by atoms with Gasteiger partial charge in [-0.15, -0.1) is 24.0 Å². The van der Waals surface area contributed by atoms with Crippen molar-refractivity contribution in [3.05, 3.63) is 29.8 Å². The summed E-state index contributed by atoms with van der Waals surface area (Å²) in [6.45, 7) is 5.52. The molecule has 0 aliphatic carbocycles. The molecule has 0 aliphatic rings. The van der Waals surface area contributed by atoms with E-state index in [1.807, 2.05) is 0 Å². The topological polar surface area (TPSA) is 87.8 Å². The Morgan fingerprint density at radius 3 is 2.30 bits per heavy atom. The van der Waals surface area contributed by atoms with Crippen LogP contribution >= 0.6 is 24.0 Å². The van der Waals surface area contributed by atoms with E-state index in [1.165, 1.54) is 18.4 Å². The van der Waals surface area contributed by atoms with Gasteiger partial charge in [0.1, 0.15) is 0 Å². The lowest BCUT2D eigenvalue weighted by Gasteiger charge is -2.11. The van der Waals surface area contributed by atoms with Crippen molar-refractivity contribution in [1.29, 1.82) is 0 Å². The number of aliphatic imine (C=N–C) groups is 1. The molecule has 8 heteroatoms. The van der Waals surface area contributed by atoms with Gasteiger partial charge < -0.3 is 11.1 Å². The van der Waals surface area contributed by atoms with E-state index < -0.39 is 10.0 Å². The van der Waals surface area contributed by atoms with Crippen LogP contribution in [0.3, 0.4) is 0 Å². The van der Waals surface area contributed by atoms with Crippen LogP contribution in [0.1, 0.15) is 25.8 Å². The molecule has 0 heterocycles. The maximum Gasteiger partial charge on any atom is 0.242 e. The summed E-state index contributed by atoms with van der Waals surface area (Å²) in [5.41, 5.74) is 6.69. The maximum absolute atomic E-state index is 12.0. The van der Waals surface area contributed by atoms with Crippen molar-refractivity contribution in [2.75, 3.05) is 20.6 Å². The number of rotatable bonds is 7. The number of nitrogens with one attached hydrogen (secondary N) is 1. The van der Waals surface area contributed by atoms with Crippen molar-refractivity contribution in [2.45, 2.75) is 31.7 Å². The first-order chi connectivity index (χ1) is 10.2. The van der Waals surface area contributed by atoms with Crippen LogP contribution in [0.4, 0.5) is 0 Å². The summed E-state index contributed by atoms with van der Waals surface area (Å²) in [6.07, 6.45) is 1.04. The molecule has 0 saturated carbocycles. The van der Waals surface area contributed by atoms with Gasteiger partial charge in [-0.05, 0) is 30.0 Å². The first-order valence-electron chi connectivity index (χ1n) is 7.28. The summed E-state index contributed by atoms with van der Waals surface area (Å²) in [6, 6.07) is 6.67. The van der Waals surface area contributed by atoms with Crippen LogP contribution in [0, 0.1) is 5.92 Å². The van der Waals surface area contributed by atoms with Crippen LogP contribution in [0.25, 0.3) is 0 Å². The van der Waals surface area contributed by atoms with E-state index in [-0.39, 0.29) is 28.9 Å². The van der Waals surface area contributed by atoms with Crippen molar-refractivity contribution in [1.82, 2.24) is 9.62 Å². The van der Waals surface area contributed by atoms with Crippen LogP contribution in [0.15, 0.2) is 34.2 Å². The van der Waals surface area contributed by atoms with Crippen LogP contribution in [0.2, 0.25) is 0 Å². The standard InChI is InChI=1S/C15H26N4O2S.HI/c1-12(2)9-10-17-15(16)18-11-13-5-7-14(8-6-13)22(20,21)19(3)4;/h5-8,12H,9-11H2,1-4H3,(H3,16,17,18);1H. The lowest BCUT2D eigenvalue weighted by molar-refractivity contribution is 0.520. The van der Waals surface area contributed by atoms with E-state index in [4.69, 9.17) is 5.73 Å². The summed E-state index contributed by atoms with van der Waals surface area (Å²) >= 11 is 0. The van der Waals surface area contributed by atoms with Gasteiger partial charge in [0.15, 0.2) is 5.96 Å². The molecule has 0 unspecified atom stereocenters. The number of hydrogen-bond donors (Lipinski definition) is 2. The molecule has 0 aliphatic heterocycles. The second-order valence-corrected chi connectivity index (χ2v) is 7.89. The SMILES string of the molecule is CC(C)CCNC(N)=NCc1ccc(S(=O)(=O)N(C)C)cc1.I. The molecule has 0 aromatic heterocycles. The molecule has 0 saturated heterocycles. The molecule has 6 nitrogen and oxygen atoms in total. The first-order valence-corrected chi connectivity index (χ1v) is 8.72. The fourth-order valence-electron chi connectivity index (χ4n) is 1.70. The van der Waals surface area contributed by atoms with Gasteiger partial charge in [0, 0.05) is 20.6 Å². The largest absolute Gasteiger partial charge is 0.370 e. The van der Waals surface area contributed by atoms with Crippen LogP contribution in [-0.4, -0.2) is 39.3 Å². The van der Waals surface area contributed by atoms with E-state index in [0.717, 1.165) is 18.5 Å². The van der Waals surface area contributed by atoms with Crippen molar-refractivity contribution < 1.29 is 8.42 Å². The van der Waals surface area contributed by atoms with Crippen LogP contribution < -0.4 is 11.1 Å². The van der Waals surface area contributed by atoms with Crippen molar-refractivity contribution in [3.63, 3.8) is 0 Å². The zero-order valence-corrected chi connectivity index (χ0v) is 17.3. The van der Waals surface area contributed by atoms with Crippen LogP contribution in [0.5, 0.6) is 0 Å². The van der Waals surface area contributed by atoms with Crippen LogP contribution in [-0.2, 0) is 16.6 Å². The Bertz CT molecular complexity index is 598. The minimum Gasteiger partial charge on any atom is -0.370 e. The number of halogens is 1. The third-order valence-corrected chi connectivity index (χ3v) is 4.99. The van der Waals surface area contributed by atoms with Gasteiger partial charge in [0.05, 0.1) is 11.4 Å². The van der Waals surface area contributed by atoms with Gasteiger partial charge in [-0.25, -0.2) is 17.7 Å². The molecule has 0 fully saturated rings. The molecule has 1 rings (SSSR count). The summed E-state index contributed by atoms with van der Waals surface area (Å²) in [4.78, 5) is 4.51. The normalized spacial score (nSPS) is 12.3. The molecule has 132 valence electrons. The zero-order valence-electron chi connectivity index (χ0n) is 14.1. The number of benzene rings is 1. The van der Waals surface area contributed by atoms with Gasteiger partial charge in [-0.3, -0.25) is 0 Å². The predicted molar refractivity (Wildman–Crippen MR) is 106 cm³/mol. The van der Waals surface area contributed by atoms with E-state index in [1.54, 1.807) is 24.3 Å². The number of nitrogens with zero attached hydrogens (tertiary/aromatic N) is 2. The zero-order chi connectivity index (χ0) is 16.8. The van der Waals surface area contributed by atoms with Crippen molar-refractivity contribution in [2.24, 2.45) is 16.6 Å². The first kappa shape index (κ1) is 22.1. The molecule has 23 heavy (non-hydrogen) atoms. The Kier molecular flexibility index (Phi) is 9.71. The molecule has 1 aromatic rings. The molecule has 1 aromatic carbocycles. The fourth-order valence-corrected chi connectivity index (χ4v) is 2.60. The summed E-state index contributed by atoms with van der Waals surface area (Å²) in [5.74, 6) is 1.03. The third-order valence-electron chi connectivity index (χ3n) is 3.16. The second-order valence-electron chi connectivity index (χ2n) is 5.74. The number of guanidine groups is 1. The Labute approximate surface area is 156 Å². The number of sulfonamides is 1. The average molecular weight is 454 g/mol. The van der Waals surface area contributed by atoms with E-state index >= 15 is 0 Å². The molecular formula is C15H27IN4O2S. The van der Waals surface area contributed by atoms with Gasteiger partial charge in [0.2, 0.25) is 10.0 Å². The van der Waals surface area contributed by atoms with Gasteiger partial charge >= 0.3 is 0 Å². The van der Waals surface area contributed by atoms with Gasteiger partial charge in [-0.1, -0.05) is 26.0 Å². The predicted octanol–water partition coefficient (Wildman–Crippen LogP) is 2.01. The minimum atomic E-state index is -3.38. The highest BCUT2D eigenvalue weighted by Crippen LogP contribution is 2.14. The Morgan fingerprint density at radius 2 is 1.83 bits per heavy atom. The lowest BCUT2D eigenvalue weighted by atomic mass is 10.1.